The Hall–Kier alpha value is -0.550. The molecule has 1 heterocycles. The fraction of sp³-hybridized carbons (Fsp3) is 0.444. The monoisotopic (exact) mass is 265 g/mol. The van der Waals surface area contributed by atoms with Crippen LogP contribution in [-0.4, -0.2) is 10.1 Å². The summed E-state index contributed by atoms with van der Waals surface area (Å²) in [5.41, 5.74) is 1.25. The van der Waals surface area contributed by atoms with Crippen LogP contribution in [0.5, 0.6) is 0 Å². The average Bonchev–Trinajstić information content (AvgIpc) is 2.16. The van der Waals surface area contributed by atoms with Gasteiger partial charge in [0.25, 0.3) is 6.43 Å². The van der Waals surface area contributed by atoms with E-state index in [1.165, 1.54) is 6.07 Å². The van der Waals surface area contributed by atoms with E-state index < -0.39 is 13.0 Å². The summed E-state index contributed by atoms with van der Waals surface area (Å²) in [7, 11) is 0. The first-order valence-electron chi connectivity index (χ1n) is 4.04. The van der Waals surface area contributed by atoms with Gasteiger partial charge in [-0.1, -0.05) is 15.9 Å². The van der Waals surface area contributed by atoms with Crippen molar-refractivity contribution in [3.8, 4) is 0 Å². The number of aromatic nitrogens is 1. The van der Waals surface area contributed by atoms with Crippen LogP contribution in [0.3, 0.4) is 0 Å². The van der Waals surface area contributed by atoms with E-state index in [-0.39, 0.29) is 11.3 Å². The standard InChI is InChI=1S/C9H10BrF2NO/c1-5-6(3-10)2-7(9(11)12)8(4-14)13-5/h2,9,14H,3-4H2,1H3. The van der Waals surface area contributed by atoms with Crippen LogP contribution in [0.15, 0.2) is 6.07 Å². The van der Waals surface area contributed by atoms with Gasteiger partial charge >= 0.3 is 0 Å². The highest BCUT2D eigenvalue weighted by Gasteiger charge is 2.15. The van der Waals surface area contributed by atoms with E-state index in [9.17, 15) is 8.78 Å². The lowest BCUT2D eigenvalue weighted by atomic mass is 10.1. The maximum atomic E-state index is 12.5. The minimum absolute atomic E-state index is 0.0576. The van der Waals surface area contributed by atoms with Gasteiger partial charge in [-0.2, -0.15) is 0 Å². The molecular formula is C9H10BrF2NO. The summed E-state index contributed by atoms with van der Waals surface area (Å²) in [6.07, 6.45) is -2.59. The van der Waals surface area contributed by atoms with Gasteiger partial charge in [0.15, 0.2) is 0 Å². The van der Waals surface area contributed by atoms with Crippen molar-refractivity contribution < 1.29 is 13.9 Å². The number of nitrogens with zero attached hydrogens (tertiary/aromatic N) is 1. The highest BCUT2D eigenvalue weighted by molar-refractivity contribution is 9.08. The van der Waals surface area contributed by atoms with E-state index in [0.717, 1.165) is 5.56 Å². The van der Waals surface area contributed by atoms with Crippen LogP contribution in [0.4, 0.5) is 8.78 Å². The van der Waals surface area contributed by atoms with Crippen LogP contribution >= 0.6 is 15.9 Å². The molecule has 5 heteroatoms. The summed E-state index contributed by atoms with van der Waals surface area (Å²) < 4.78 is 25.0. The molecule has 0 aromatic carbocycles. The lowest BCUT2D eigenvalue weighted by molar-refractivity contribution is 0.146. The molecule has 0 fully saturated rings. The fourth-order valence-corrected chi connectivity index (χ4v) is 1.73. The minimum Gasteiger partial charge on any atom is -0.390 e. The Kier molecular flexibility index (Phi) is 3.95. The molecule has 0 saturated carbocycles. The number of aryl methyl sites for hydroxylation is 1. The summed E-state index contributed by atoms with van der Waals surface area (Å²) in [6.45, 7) is 1.27. The zero-order valence-electron chi connectivity index (χ0n) is 7.60. The quantitative estimate of drug-likeness (QED) is 0.853. The molecule has 14 heavy (non-hydrogen) atoms. The molecule has 0 bridgehead atoms. The van der Waals surface area contributed by atoms with Gasteiger partial charge in [0, 0.05) is 16.6 Å². The molecule has 1 aromatic heterocycles. The molecule has 0 radical (unpaired) electrons. The third-order valence-corrected chi connectivity index (χ3v) is 2.56. The van der Waals surface area contributed by atoms with Crippen molar-refractivity contribution in [3.05, 3.63) is 28.6 Å². The van der Waals surface area contributed by atoms with Crippen LogP contribution < -0.4 is 0 Å². The molecule has 0 saturated heterocycles. The van der Waals surface area contributed by atoms with Gasteiger partial charge in [0.1, 0.15) is 0 Å². The first kappa shape index (κ1) is 11.5. The van der Waals surface area contributed by atoms with E-state index in [1.807, 2.05) is 0 Å². The summed E-state index contributed by atoms with van der Waals surface area (Å²) >= 11 is 3.19. The molecule has 78 valence electrons. The second-order valence-electron chi connectivity index (χ2n) is 2.86. The lowest BCUT2D eigenvalue weighted by Gasteiger charge is -2.09. The van der Waals surface area contributed by atoms with Crippen molar-refractivity contribution in [2.75, 3.05) is 0 Å². The molecule has 1 aromatic rings. The molecule has 0 spiro atoms. The SMILES string of the molecule is Cc1nc(CO)c(C(F)F)cc1CBr. The Morgan fingerprint density at radius 1 is 1.57 bits per heavy atom. The Labute approximate surface area is 89.1 Å². The highest BCUT2D eigenvalue weighted by atomic mass is 79.9. The number of alkyl halides is 3. The molecule has 0 aliphatic carbocycles. The zero-order valence-corrected chi connectivity index (χ0v) is 9.18. The minimum atomic E-state index is -2.59. The average molecular weight is 266 g/mol. The molecule has 0 aliphatic rings. The molecule has 1 rings (SSSR count). The summed E-state index contributed by atoms with van der Waals surface area (Å²) in [5.74, 6) is 0. The van der Waals surface area contributed by atoms with Crippen molar-refractivity contribution in [1.29, 1.82) is 0 Å². The van der Waals surface area contributed by atoms with Gasteiger partial charge in [0.2, 0.25) is 0 Å². The number of aliphatic hydroxyl groups excluding tert-OH is 1. The number of pyridine rings is 1. The van der Waals surface area contributed by atoms with Gasteiger partial charge < -0.3 is 5.11 Å². The number of rotatable bonds is 3. The molecule has 1 N–H and O–H groups in total. The maximum Gasteiger partial charge on any atom is 0.265 e. The Bertz CT molecular complexity index is 331. The van der Waals surface area contributed by atoms with Crippen LogP contribution in [0.1, 0.15) is 28.9 Å². The summed E-state index contributed by atoms with van der Waals surface area (Å²) in [4.78, 5) is 3.92. The Morgan fingerprint density at radius 3 is 2.64 bits per heavy atom. The van der Waals surface area contributed by atoms with E-state index in [4.69, 9.17) is 5.11 Å². The van der Waals surface area contributed by atoms with Crippen molar-refractivity contribution in [3.63, 3.8) is 0 Å². The van der Waals surface area contributed by atoms with E-state index in [1.54, 1.807) is 6.92 Å². The van der Waals surface area contributed by atoms with Crippen molar-refractivity contribution >= 4 is 15.9 Å². The van der Waals surface area contributed by atoms with Crippen LogP contribution in [0, 0.1) is 6.92 Å². The van der Waals surface area contributed by atoms with Gasteiger partial charge in [-0.05, 0) is 18.6 Å². The molecule has 0 unspecified atom stereocenters. The molecular weight excluding hydrogens is 256 g/mol. The maximum absolute atomic E-state index is 12.5. The second-order valence-corrected chi connectivity index (χ2v) is 3.42. The summed E-state index contributed by atoms with van der Waals surface area (Å²) in [5, 5.41) is 9.33. The number of halogens is 3. The van der Waals surface area contributed by atoms with E-state index in [2.05, 4.69) is 20.9 Å². The predicted molar refractivity (Wildman–Crippen MR) is 52.5 cm³/mol. The largest absolute Gasteiger partial charge is 0.390 e. The van der Waals surface area contributed by atoms with Crippen LogP contribution in [0.2, 0.25) is 0 Å². The number of aliphatic hydroxyl groups is 1. The lowest BCUT2D eigenvalue weighted by Crippen LogP contribution is -2.03. The van der Waals surface area contributed by atoms with Crippen LogP contribution in [-0.2, 0) is 11.9 Å². The molecule has 2 nitrogen and oxygen atoms in total. The molecule has 0 aliphatic heterocycles. The van der Waals surface area contributed by atoms with Crippen LogP contribution in [0.25, 0.3) is 0 Å². The number of hydrogen-bond acceptors (Lipinski definition) is 2. The Morgan fingerprint density at radius 2 is 2.21 bits per heavy atom. The van der Waals surface area contributed by atoms with Crippen molar-refractivity contribution in [2.45, 2.75) is 25.3 Å². The first-order valence-corrected chi connectivity index (χ1v) is 5.16. The normalized spacial score (nSPS) is 11.0. The third-order valence-electron chi connectivity index (χ3n) is 1.96. The molecule has 0 amide bonds. The highest BCUT2D eigenvalue weighted by Crippen LogP contribution is 2.25. The van der Waals surface area contributed by atoms with Gasteiger partial charge in [-0.15, -0.1) is 0 Å². The smallest absolute Gasteiger partial charge is 0.265 e. The first-order chi connectivity index (χ1) is 6.60. The van der Waals surface area contributed by atoms with Gasteiger partial charge in [-0.25, -0.2) is 8.78 Å². The van der Waals surface area contributed by atoms with Gasteiger partial charge in [-0.3, -0.25) is 4.98 Å². The van der Waals surface area contributed by atoms with Crippen molar-refractivity contribution in [1.82, 2.24) is 4.98 Å². The second kappa shape index (κ2) is 4.79. The zero-order chi connectivity index (χ0) is 10.7. The van der Waals surface area contributed by atoms with E-state index in [0.29, 0.717) is 11.0 Å². The topological polar surface area (TPSA) is 33.1 Å². The van der Waals surface area contributed by atoms with Gasteiger partial charge in [0.05, 0.1) is 12.3 Å². The van der Waals surface area contributed by atoms with Crippen molar-refractivity contribution in [2.24, 2.45) is 0 Å². The third kappa shape index (κ3) is 2.27. The number of hydrogen-bond donors (Lipinski definition) is 1. The summed E-state index contributed by atoms with van der Waals surface area (Å²) in [6, 6.07) is 1.38. The fourth-order valence-electron chi connectivity index (χ4n) is 1.17. The molecule has 0 atom stereocenters. The van der Waals surface area contributed by atoms with E-state index >= 15 is 0 Å². The predicted octanol–water partition coefficient (Wildman–Crippen LogP) is 2.71. The Balaban J connectivity index is 3.25.